The molecule has 1 unspecified atom stereocenters. The molecule has 138 valence electrons. The first kappa shape index (κ1) is 17.4. The van der Waals surface area contributed by atoms with Gasteiger partial charge in [-0.15, -0.1) is 0 Å². The number of nitrogens with zero attached hydrogens (tertiary/aromatic N) is 4. The van der Waals surface area contributed by atoms with Crippen molar-refractivity contribution in [3.8, 4) is 0 Å². The van der Waals surface area contributed by atoms with Gasteiger partial charge in [0.1, 0.15) is 17.5 Å². The molecular weight excluding hydrogens is 338 g/mol. The Labute approximate surface area is 158 Å². The number of nitrogens with two attached hydrogens (primary N) is 1. The maximum Gasteiger partial charge on any atom is 0.238 e. The summed E-state index contributed by atoms with van der Waals surface area (Å²) in [6, 6.07) is 3.76. The van der Waals surface area contributed by atoms with Crippen LogP contribution in [-0.4, -0.2) is 20.9 Å². The van der Waals surface area contributed by atoms with Crippen LogP contribution in [-0.2, 0) is 4.79 Å². The molecule has 1 atom stereocenters. The minimum Gasteiger partial charge on any atom is -0.383 e. The number of fused-ring (bicyclic) bond motifs is 1. The van der Waals surface area contributed by atoms with Crippen LogP contribution in [0.3, 0.4) is 0 Å². The Morgan fingerprint density at radius 2 is 1.89 bits per heavy atom. The summed E-state index contributed by atoms with van der Waals surface area (Å²) in [6.45, 7) is 7.77. The maximum atomic E-state index is 13.2. The second-order valence-electron chi connectivity index (χ2n) is 7.77. The fourth-order valence-electron chi connectivity index (χ4n) is 3.76. The molecule has 1 fully saturated rings. The summed E-state index contributed by atoms with van der Waals surface area (Å²) >= 11 is 0. The lowest BCUT2D eigenvalue weighted by atomic mass is 9.75. The fourth-order valence-corrected chi connectivity index (χ4v) is 3.76. The van der Waals surface area contributed by atoms with E-state index >= 15 is 0 Å². The molecule has 2 aromatic rings. The lowest BCUT2D eigenvalue weighted by Gasteiger charge is -2.26. The Bertz CT molecular complexity index is 988. The molecule has 1 aliphatic heterocycles. The highest BCUT2D eigenvalue weighted by molar-refractivity contribution is 6.04. The van der Waals surface area contributed by atoms with Crippen molar-refractivity contribution in [2.24, 2.45) is 11.3 Å². The Hall–Kier alpha value is -3.02. The minimum atomic E-state index is -0.501. The molecule has 4 rings (SSSR count). The first-order valence-electron chi connectivity index (χ1n) is 9.07. The molecule has 1 saturated heterocycles. The number of pyridine rings is 1. The number of hydrogen-bond acceptors (Lipinski definition) is 5. The summed E-state index contributed by atoms with van der Waals surface area (Å²) < 4.78 is 0. The zero-order valence-electron chi connectivity index (χ0n) is 16.0. The average Bonchev–Trinajstić information content (AvgIpc) is 2.84. The van der Waals surface area contributed by atoms with Gasteiger partial charge in [-0.25, -0.2) is 15.0 Å². The van der Waals surface area contributed by atoms with Gasteiger partial charge in [0.2, 0.25) is 5.91 Å². The van der Waals surface area contributed by atoms with Gasteiger partial charge in [-0.1, -0.05) is 26.0 Å². The van der Waals surface area contributed by atoms with Crippen molar-refractivity contribution in [2.75, 3.05) is 10.6 Å². The van der Waals surface area contributed by atoms with Crippen molar-refractivity contribution in [3.05, 3.63) is 59.3 Å². The molecule has 6 heteroatoms. The van der Waals surface area contributed by atoms with E-state index in [1.807, 2.05) is 52.2 Å². The third-order valence-corrected chi connectivity index (χ3v) is 5.58. The van der Waals surface area contributed by atoms with Crippen LogP contribution in [0.2, 0.25) is 0 Å². The Kier molecular flexibility index (Phi) is 3.87. The molecule has 3 heterocycles. The predicted octanol–water partition coefficient (Wildman–Crippen LogP) is 3.43. The zero-order valence-corrected chi connectivity index (χ0v) is 16.0. The third kappa shape index (κ3) is 2.72. The fraction of sp³-hybridized carbons (Fsp3) is 0.333. The molecule has 2 N–H and O–H groups in total. The molecule has 1 aliphatic carbocycles. The van der Waals surface area contributed by atoms with Gasteiger partial charge in [-0.3, -0.25) is 9.69 Å². The number of amides is 1. The highest BCUT2D eigenvalue weighted by Gasteiger charge is 2.51. The Balaban J connectivity index is 1.81. The standard InChI is InChI=1S/C21H23N5O/c1-12-5-8-18(25-19(12)22)26-17-9-14(15-10-23-13(2)24-11-15)6-7-16(17)21(3,4)20(26)27/h5-6,8-11,16H,7H2,1-4H3,(H2,22,25). The smallest absolute Gasteiger partial charge is 0.238 e. The van der Waals surface area contributed by atoms with Crippen LogP contribution in [0.5, 0.6) is 0 Å². The minimum absolute atomic E-state index is 0.0457. The van der Waals surface area contributed by atoms with Gasteiger partial charge in [-0.05, 0) is 43.5 Å². The van der Waals surface area contributed by atoms with Gasteiger partial charge >= 0.3 is 0 Å². The molecule has 6 nitrogen and oxygen atoms in total. The number of aryl methyl sites for hydroxylation is 2. The summed E-state index contributed by atoms with van der Waals surface area (Å²) in [5, 5.41) is 0. The quantitative estimate of drug-likeness (QED) is 0.886. The number of hydrogen-bond donors (Lipinski definition) is 1. The van der Waals surface area contributed by atoms with Crippen molar-refractivity contribution in [3.63, 3.8) is 0 Å². The van der Waals surface area contributed by atoms with Crippen molar-refractivity contribution in [2.45, 2.75) is 34.1 Å². The molecular formula is C21H23N5O. The van der Waals surface area contributed by atoms with E-state index in [4.69, 9.17) is 5.73 Å². The number of allylic oxidation sites excluding steroid dienone is 4. The lowest BCUT2D eigenvalue weighted by molar-refractivity contribution is -0.125. The van der Waals surface area contributed by atoms with E-state index in [2.05, 4.69) is 27.1 Å². The first-order chi connectivity index (χ1) is 12.8. The summed E-state index contributed by atoms with van der Waals surface area (Å²) in [5.41, 5.74) is 9.33. The molecule has 0 saturated carbocycles. The number of anilines is 2. The largest absolute Gasteiger partial charge is 0.383 e. The summed E-state index contributed by atoms with van der Waals surface area (Å²) in [5.74, 6) is 1.90. The molecule has 0 aromatic carbocycles. The Morgan fingerprint density at radius 3 is 2.56 bits per heavy atom. The SMILES string of the molecule is Cc1ncc(C2=CCC3C(=C2)N(c2ccc(C)c(N)n2)C(=O)C3(C)C)cn1. The van der Waals surface area contributed by atoms with Crippen molar-refractivity contribution >= 4 is 23.1 Å². The summed E-state index contributed by atoms with van der Waals surface area (Å²) in [6.07, 6.45) is 8.65. The molecule has 0 spiro atoms. The number of rotatable bonds is 2. The number of carbonyl (C=O) groups is 1. The highest BCUT2D eigenvalue weighted by Crippen LogP contribution is 2.50. The van der Waals surface area contributed by atoms with Crippen molar-refractivity contribution in [1.82, 2.24) is 15.0 Å². The molecule has 27 heavy (non-hydrogen) atoms. The first-order valence-corrected chi connectivity index (χ1v) is 9.07. The predicted molar refractivity (Wildman–Crippen MR) is 106 cm³/mol. The van der Waals surface area contributed by atoms with Crippen LogP contribution in [0.1, 0.15) is 37.2 Å². The van der Waals surface area contributed by atoms with Gasteiger partial charge in [0, 0.05) is 29.6 Å². The number of nitrogen functional groups attached to an aromatic ring is 1. The molecule has 0 bridgehead atoms. The van der Waals surface area contributed by atoms with E-state index in [0.29, 0.717) is 11.6 Å². The van der Waals surface area contributed by atoms with Gasteiger partial charge in [0.25, 0.3) is 0 Å². The summed E-state index contributed by atoms with van der Waals surface area (Å²) in [7, 11) is 0. The van der Waals surface area contributed by atoms with Gasteiger partial charge in [0.05, 0.1) is 5.41 Å². The molecule has 1 amide bonds. The lowest BCUT2D eigenvalue weighted by Crippen LogP contribution is -2.32. The Morgan fingerprint density at radius 1 is 1.19 bits per heavy atom. The van der Waals surface area contributed by atoms with Crippen LogP contribution in [0.4, 0.5) is 11.6 Å². The van der Waals surface area contributed by atoms with E-state index in [9.17, 15) is 4.79 Å². The van der Waals surface area contributed by atoms with E-state index in [1.54, 1.807) is 4.90 Å². The highest BCUT2D eigenvalue weighted by atomic mass is 16.2. The number of aromatic nitrogens is 3. The zero-order chi connectivity index (χ0) is 19.3. The second-order valence-corrected chi connectivity index (χ2v) is 7.77. The topological polar surface area (TPSA) is 85.0 Å². The van der Waals surface area contributed by atoms with Crippen molar-refractivity contribution in [1.29, 1.82) is 0 Å². The van der Waals surface area contributed by atoms with Gasteiger partial charge < -0.3 is 5.73 Å². The molecule has 2 aliphatic rings. The third-order valence-electron chi connectivity index (χ3n) is 5.58. The van der Waals surface area contributed by atoms with Crippen LogP contribution in [0.15, 0.2) is 42.4 Å². The second kappa shape index (κ2) is 6.01. The average molecular weight is 361 g/mol. The maximum absolute atomic E-state index is 13.2. The normalized spacial score (nSPS) is 21.0. The van der Waals surface area contributed by atoms with Crippen LogP contribution in [0.25, 0.3) is 5.57 Å². The van der Waals surface area contributed by atoms with Crippen molar-refractivity contribution < 1.29 is 4.79 Å². The number of carbonyl (C=O) groups excluding carboxylic acids is 1. The van der Waals surface area contributed by atoms with E-state index in [1.165, 1.54) is 0 Å². The van der Waals surface area contributed by atoms with Gasteiger partial charge in [0.15, 0.2) is 0 Å². The van der Waals surface area contributed by atoms with E-state index in [-0.39, 0.29) is 11.8 Å². The molecule has 2 aromatic heterocycles. The van der Waals surface area contributed by atoms with Gasteiger partial charge in [-0.2, -0.15) is 0 Å². The monoisotopic (exact) mass is 361 g/mol. The van der Waals surface area contributed by atoms with E-state index in [0.717, 1.165) is 34.6 Å². The van der Waals surface area contributed by atoms with Crippen LogP contribution < -0.4 is 10.6 Å². The summed E-state index contributed by atoms with van der Waals surface area (Å²) in [4.78, 5) is 28.0. The van der Waals surface area contributed by atoms with E-state index < -0.39 is 5.41 Å². The molecule has 0 radical (unpaired) electrons. The van der Waals surface area contributed by atoms with Crippen LogP contribution in [0, 0.1) is 25.2 Å². The van der Waals surface area contributed by atoms with Crippen LogP contribution >= 0.6 is 0 Å².